The number of aromatic carboxylic acids is 1. The number of hydrogen-bond acceptors (Lipinski definition) is 4. The van der Waals surface area contributed by atoms with Crippen LogP contribution in [-0.2, 0) is 0 Å². The molecule has 2 rings (SSSR count). The number of nitrogens with one attached hydrogen (secondary N) is 1. The summed E-state index contributed by atoms with van der Waals surface area (Å²) in [6.07, 6.45) is 1.55. The van der Waals surface area contributed by atoms with Gasteiger partial charge in [0.15, 0.2) is 0 Å². The molecule has 2 heterocycles. The Bertz CT molecular complexity index is 610. The average Bonchev–Trinajstić information content (AvgIpc) is 2.78. The molecule has 0 aliphatic rings. The van der Waals surface area contributed by atoms with Crippen molar-refractivity contribution in [1.29, 1.82) is 0 Å². The molecule has 2 N–H and O–H groups in total. The van der Waals surface area contributed by atoms with Crippen LogP contribution in [0, 0.1) is 6.92 Å². The molecular formula is C13H13BrN2O3. The fraction of sp³-hybridized carbons (Fsp3) is 0.231. The number of rotatable bonds is 4. The van der Waals surface area contributed by atoms with E-state index in [2.05, 4.69) is 26.2 Å². The van der Waals surface area contributed by atoms with E-state index >= 15 is 0 Å². The Balaban J connectivity index is 2.26. The summed E-state index contributed by atoms with van der Waals surface area (Å²) >= 11 is 3.21. The third-order valence-electron chi connectivity index (χ3n) is 2.63. The average molecular weight is 325 g/mol. The second-order valence-electron chi connectivity index (χ2n) is 4.17. The molecule has 6 heteroatoms. The third-order valence-corrected chi connectivity index (χ3v) is 3.06. The van der Waals surface area contributed by atoms with Crippen LogP contribution >= 0.6 is 15.9 Å². The lowest BCUT2D eigenvalue weighted by atomic mass is 10.2. The maximum atomic E-state index is 11.2. The van der Waals surface area contributed by atoms with Crippen molar-refractivity contribution in [2.24, 2.45) is 0 Å². The summed E-state index contributed by atoms with van der Waals surface area (Å²) in [6, 6.07) is 5.06. The van der Waals surface area contributed by atoms with Gasteiger partial charge in [0.1, 0.15) is 22.9 Å². The van der Waals surface area contributed by atoms with E-state index in [-0.39, 0.29) is 11.6 Å². The highest BCUT2D eigenvalue weighted by Crippen LogP contribution is 2.24. The Morgan fingerprint density at radius 1 is 1.53 bits per heavy atom. The Morgan fingerprint density at radius 2 is 2.26 bits per heavy atom. The monoisotopic (exact) mass is 324 g/mol. The number of aryl methyl sites for hydroxylation is 1. The van der Waals surface area contributed by atoms with Gasteiger partial charge in [-0.25, -0.2) is 9.78 Å². The normalized spacial score (nSPS) is 12.2. The van der Waals surface area contributed by atoms with Crippen LogP contribution in [0.25, 0.3) is 0 Å². The number of carboxylic acid groups (broad SMARTS) is 1. The maximum absolute atomic E-state index is 11.2. The number of pyridine rings is 1. The van der Waals surface area contributed by atoms with Gasteiger partial charge in [0, 0.05) is 10.7 Å². The van der Waals surface area contributed by atoms with Crippen LogP contribution in [0.5, 0.6) is 0 Å². The largest absolute Gasteiger partial charge is 0.478 e. The van der Waals surface area contributed by atoms with Crippen molar-refractivity contribution in [3.05, 3.63) is 46.0 Å². The SMILES string of the molecule is Cc1ccc(C(C)Nc2ncc(Br)cc2C(=O)O)o1. The van der Waals surface area contributed by atoms with Gasteiger partial charge >= 0.3 is 5.97 Å². The molecule has 100 valence electrons. The molecule has 2 aromatic rings. The Morgan fingerprint density at radius 3 is 2.84 bits per heavy atom. The minimum atomic E-state index is -1.03. The van der Waals surface area contributed by atoms with E-state index in [4.69, 9.17) is 9.52 Å². The van der Waals surface area contributed by atoms with Gasteiger partial charge in [0.25, 0.3) is 0 Å². The summed E-state index contributed by atoms with van der Waals surface area (Å²) in [5, 5.41) is 12.2. The fourth-order valence-electron chi connectivity index (χ4n) is 1.68. The van der Waals surface area contributed by atoms with Crippen LogP contribution in [-0.4, -0.2) is 16.1 Å². The lowest BCUT2D eigenvalue weighted by Crippen LogP contribution is -2.11. The predicted molar refractivity (Wildman–Crippen MR) is 74.4 cm³/mol. The molecule has 0 saturated carbocycles. The van der Waals surface area contributed by atoms with Crippen molar-refractivity contribution in [2.45, 2.75) is 19.9 Å². The lowest BCUT2D eigenvalue weighted by Gasteiger charge is -2.14. The van der Waals surface area contributed by atoms with E-state index in [1.807, 2.05) is 26.0 Å². The predicted octanol–water partition coefficient (Wildman–Crippen LogP) is 3.62. The molecule has 5 nitrogen and oxygen atoms in total. The van der Waals surface area contributed by atoms with Gasteiger partial charge in [-0.2, -0.15) is 0 Å². The zero-order chi connectivity index (χ0) is 14.0. The fourth-order valence-corrected chi connectivity index (χ4v) is 2.01. The van der Waals surface area contributed by atoms with E-state index in [9.17, 15) is 4.79 Å². The van der Waals surface area contributed by atoms with Crippen LogP contribution in [0.15, 0.2) is 33.3 Å². The van der Waals surface area contributed by atoms with Gasteiger partial charge in [0.2, 0.25) is 0 Å². The maximum Gasteiger partial charge on any atom is 0.339 e. The first-order valence-corrected chi connectivity index (χ1v) is 6.48. The van der Waals surface area contributed by atoms with Gasteiger partial charge in [-0.05, 0) is 48.0 Å². The highest BCUT2D eigenvalue weighted by Gasteiger charge is 2.16. The molecular weight excluding hydrogens is 312 g/mol. The highest BCUT2D eigenvalue weighted by molar-refractivity contribution is 9.10. The van der Waals surface area contributed by atoms with Gasteiger partial charge < -0.3 is 14.8 Å². The molecule has 0 radical (unpaired) electrons. The first-order chi connectivity index (χ1) is 8.97. The molecule has 2 aromatic heterocycles. The zero-order valence-corrected chi connectivity index (χ0v) is 12.1. The standard InChI is InChI=1S/C13H13BrN2O3/c1-7-3-4-11(19-7)8(2)16-12-10(13(17)18)5-9(14)6-15-12/h3-6,8H,1-2H3,(H,15,16)(H,17,18). The molecule has 0 aliphatic carbocycles. The molecule has 0 saturated heterocycles. The van der Waals surface area contributed by atoms with Crippen molar-refractivity contribution in [3.63, 3.8) is 0 Å². The molecule has 0 aliphatic heterocycles. The van der Waals surface area contributed by atoms with Crippen LogP contribution < -0.4 is 5.32 Å². The molecule has 19 heavy (non-hydrogen) atoms. The smallest absolute Gasteiger partial charge is 0.339 e. The van der Waals surface area contributed by atoms with E-state index in [1.165, 1.54) is 6.07 Å². The third kappa shape index (κ3) is 3.14. The molecule has 1 unspecified atom stereocenters. The quantitative estimate of drug-likeness (QED) is 0.898. The van der Waals surface area contributed by atoms with E-state index in [0.717, 1.165) is 11.5 Å². The molecule has 0 fully saturated rings. The summed E-state index contributed by atoms with van der Waals surface area (Å²) in [4.78, 5) is 15.3. The van der Waals surface area contributed by atoms with Gasteiger partial charge in [-0.15, -0.1) is 0 Å². The van der Waals surface area contributed by atoms with Gasteiger partial charge in [-0.3, -0.25) is 0 Å². The summed E-state index contributed by atoms with van der Waals surface area (Å²) in [5.74, 6) is 0.834. The van der Waals surface area contributed by atoms with Crippen molar-refractivity contribution in [1.82, 2.24) is 4.98 Å². The van der Waals surface area contributed by atoms with E-state index in [1.54, 1.807) is 6.20 Å². The van der Waals surface area contributed by atoms with Gasteiger partial charge in [0.05, 0.1) is 6.04 Å². The first kappa shape index (κ1) is 13.6. The number of anilines is 1. The Hall–Kier alpha value is -1.82. The Labute approximate surface area is 118 Å². The molecule has 0 spiro atoms. The van der Waals surface area contributed by atoms with Crippen molar-refractivity contribution >= 4 is 27.7 Å². The highest BCUT2D eigenvalue weighted by atomic mass is 79.9. The van der Waals surface area contributed by atoms with E-state index in [0.29, 0.717) is 10.3 Å². The molecule has 0 bridgehead atoms. The summed E-state index contributed by atoms with van der Waals surface area (Å²) in [7, 11) is 0. The van der Waals surface area contributed by atoms with Crippen LogP contribution in [0.1, 0.15) is 34.8 Å². The van der Waals surface area contributed by atoms with Crippen LogP contribution in [0.4, 0.5) is 5.82 Å². The van der Waals surface area contributed by atoms with Crippen LogP contribution in [0.2, 0.25) is 0 Å². The topological polar surface area (TPSA) is 75.4 Å². The number of halogens is 1. The summed E-state index contributed by atoms with van der Waals surface area (Å²) in [6.45, 7) is 3.74. The molecule has 1 atom stereocenters. The van der Waals surface area contributed by atoms with Crippen molar-refractivity contribution in [2.75, 3.05) is 5.32 Å². The second-order valence-corrected chi connectivity index (χ2v) is 5.08. The lowest BCUT2D eigenvalue weighted by molar-refractivity contribution is 0.0697. The number of hydrogen-bond donors (Lipinski definition) is 2. The number of aromatic nitrogens is 1. The summed E-state index contributed by atoms with van der Waals surface area (Å²) < 4.78 is 6.12. The minimum Gasteiger partial charge on any atom is -0.478 e. The first-order valence-electron chi connectivity index (χ1n) is 5.69. The van der Waals surface area contributed by atoms with Crippen molar-refractivity contribution < 1.29 is 14.3 Å². The Kier molecular flexibility index (Phi) is 3.90. The number of furan rings is 1. The molecule has 0 amide bonds. The van der Waals surface area contributed by atoms with Gasteiger partial charge in [-0.1, -0.05) is 0 Å². The number of carboxylic acids is 1. The zero-order valence-electron chi connectivity index (χ0n) is 10.5. The summed E-state index contributed by atoms with van der Waals surface area (Å²) in [5.41, 5.74) is 0.115. The number of nitrogens with zero attached hydrogens (tertiary/aromatic N) is 1. The van der Waals surface area contributed by atoms with E-state index < -0.39 is 5.97 Å². The van der Waals surface area contributed by atoms with Crippen molar-refractivity contribution in [3.8, 4) is 0 Å². The second kappa shape index (κ2) is 5.44. The molecule has 0 aromatic carbocycles. The number of carbonyl (C=O) groups is 1. The minimum absolute atomic E-state index is 0.115. The van der Waals surface area contributed by atoms with Crippen LogP contribution in [0.3, 0.4) is 0 Å².